The van der Waals surface area contributed by atoms with Gasteiger partial charge in [0.2, 0.25) is 0 Å². The number of halogens is 3. The molecule has 0 fully saturated rings. The first-order valence-electron chi connectivity index (χ1n) is 13.7. The van der Waals surface area contributed by atoms with Crippen LogP contribution in [0.15, 0.2) is 109 Å². The zero-order valence-electron chi connectivity index (χ0n) is 23.4. The van der Waals surface area contributed by atoms with Crippen LogP contribution in [0.5, 0.6) is 11.5 Å². The van der Waals surface area contributed by atoms with E-state index < -0.39 is 23.6 Å². The lowest BCUT2D eigenvalue weighted by atomic mass is 10.0. The van der Waals surface area contributed by atoms with Crippen molar-refractivity contribution in [3.8, 4) is 11.5 Å². The largest absolute Gasteiger partial charge is 0.457 e. The number of pyridine rings is 2. The molecule has 0 radical (unpaired) electrons. The fraction of sp³-hybridized carbons (Fsp3) is 0.0588. The van der Waals surface area contributed by atoms with Crippen LogP contribution < -0.4 is 21.1 Å². The standard InChI is InChI=1S/C34H24F3N5O3/c35-34(36,37)26-10-4-8-25-30(15-17-40-31(25)26)45-21-13-14-22-20(18-21)6-3-7-23(22)32(43)41-19-29-24(9-5-16-39-29)33(44)42-28-12-2-1-11-27(28)38/h1-18H,19,38H2,(H,41,43)(H,42,44). The number of nitrogens with one attached hydrogen (secondary N) is 2. The van der Waals surface area contributed by atoms with Gasteiger partial charge in [0.05, 0.1) is 40.3 Å². The summed E-state index contributed by atoms with van der Waals surface area (Å²) < 4.78 is 46.5. The highest BCUT2D eigenvalue weighted by Crippen LogP contribution is 2.38. The molecule has 0 aliphatic carbocycles. The van der Waals surface area contributed by atoms with E-state index in [1.165, 1.54) is 30.6 Å². The number of benzene rings is 4. The monoisotopic (exact) mass is 607 g/mol. The summed E-state index contributed by atoms with van der Waals surface area (Å²) >= 11 is 0. The number of alkyl halides is 3. The molecule has 0 aliphatic heterocycles. The van der Waals surface area contributed by atoms with Crippen LogP contribution in [-0.2, 0) is 12.7 Å². The summed E-state index contributed by atoms with van der Waals surface area (Å²) in [4.78, 5) is 34.5. The Labute approximate surface area is 254 Å². The summed E-state index contributed by atoms with van der Waals surface area (Å²) in [5, 5.41) is 7.12. The smallest absolute Gasteiger partial charge is 0.418 e. The number of rotatable bonds is 7. The van der Waals surface area contributed by atoms with Gasteiger partial charge in [-0.2, -0.15) is 13.2 Å². The maximum Gasteiger partial charge on any atom is 0.418 e. The van der Waals surface area contributed by atoms with E-state index in [0.29, 0.717) is 39.2 Å². The molecule has 0 spiro atoms. The molecule has 224 valence electrons. The molecule has 4 N–H and O–H groups in total. The van der Waals surface area contributed by atoms with Crippen molar-refractivity contribution in [1.82, 2.24) is 15.3 Å². The van der Waals surface area contributed by atoms with Gasteiger partial charge in [-0.25, -0.2) is 0 Å². The molecule has 0 saturated carbocycles. The number of hydrogen-bond acceptors (Lipinski definition) is 6. The molecule has 8 nitrogen and oxygen atoms in total. The van der Waals surface area contributed by atoms with E-state index in [2.05, 4.69) is 20.6 Å². The Kier molecular flexibility index (Phi) is 7.74. The number of anilines is 2. The van der Waals surface area contributed by atoms with Gasteiger partial charge < -0.3 is 21.1 Å². The molecule has 0 atom stereocenters. The number of nitrogens with two attached hydrogens (primary N) is 1. The van der Waals surface area contributed by atoms with Gasteiger partial charge in [0.1, 0.15) is 11.5 Å². The minimum absolute atomic E-state index is 0.0146. The van der Waals surface area contributed by atoms with Crippen molar-refractivity contribution < 1.29 is 27.5 Å². The van der Waals surface area contributed by atoms with E-state index in [4.69, 9.17) is 10.5 Å². The van der Waals surface area contributed by atoms with Gasteiger partial charge >= 0.3 is 6.18 Å². The third-order valence-electron chi connectivity index (χ3n) is 7.12. The van der Waals surface area contributed by atoms with Crippen LogP contribution in [0.3, 0.4) is 0 Å². The molecule has 0 aliphatic rings. The molecule has 11 heteroatoms. The highest BCUT2D eigenvalue weighted by atomic mass is 19.4. The molecule has 6 aromatic rings. The number of carbonyl (C=O) groups excluding carboxylic acids is 2. The topological polar surface area (TPSA) is 119 Å². The van der Waals surface area contributed by atoms with E-state index in [1.54, 1.807) is 72.8 Å². The van der Waals surface area contributed by atoms with Crippen molar-refractivity contribution in [2.75, 3.05) is 11.1 Å². The molecule has 2 aromatic heterocycles. The van der Waals surface area contributed by atoms with Gasteiger partial charge in [-0.3, -0.25) is 19.6 Å². The molecule has 4 aromatic carbocycles. The average Bonchev–Trinajstić information content (AvgIpc) is 3.04. The minimum atomic E-state index is -4.56. The van der Waals surface area contributed by atoms with Crippen LogP contribution in [0.2, 0.25) is 0 Å². The molecular weight excluding hydrogens is 583 g/mol. The van der Waals surface area contributed by atoms with E-state index >= 15 is 0 Å². The lowest BCUT2D eigenvalue weighted by Crippen LogP contribution is -2.25. The summed E-state index contributed by atoms with van der Waals surface area (Å²) in [6.07, 6.45) is -1.76. The molecule has 0 bridgehead atoms. The summed E-state index contributed by atoms with van der Waals surface area (Å²) in [7, 11) is 0. The van der Waals surface area contributed by atoms with Gasteiger partial charge in [-0.15, -0.1) is 0 Å². The molecule has 0 unspecified atom stereocenters. The van der Waals surface area contributed by atoms with Crippen LogP contribution in [0.1, 0.15) is 32.0 Å². The highest BCUT2D eigenvalue weighted by molar-refractivity contribution is 6.08. The summed E-state index contributed by atoms with van der Waals surface area (Å²) in [5.74, 6) is -0.226. The molecule has 0 saturated heterocycles. The Bertz CT molecular complexity index is 2080. The first-order chi connectivity index (χ1) is 21.7. The first kappa shape index (κ1) is 29.1. The second kappa shape index (κ2) is 12.0. The van der Waals surface area contributed by atoms with Crippen molar-refractivity contribution in [2.45, 2.75) is 12.7 Å². The number of hydrogen-bond donors (Lipinski definition) is 3. The summed E-state index contributed by atoms with van der Waals surface area (Å²) in [6, 6.07) is 25.6. The predicted octanol–water partition coefficient (Wildman–Crippen LogP) is 7.36. The third kappa shape index (κ3) is 6.09. The van der Waals surface area contributed by atoms with E-state index in [-0.39, 0.29) is 28.8 Å². The third-order valence-corrected chi connectivity index (χ3v) is 7.12. The van der Waals surface area contributed by atoms with Crippen molar-refractivity contribution in [1.29, 1.82) is 0 Å². The SMILES string of the molecule is Nc1ccccc1NC(=O)c1cccnc1CNC(=O)c1cccc2cc(Oc3ccnc4c(C(F)(F)F)cccc34)ccc12. The Morgan fingerprint density at radius 2 is 1.58 bits per heavy atom. The number of carbonyl (C=O) groups is 2. The molecular formula is C34H24F3N5O3. The first-order valence-corrected chi connectivity index (χ1v) is 13.7. The highest BCUT2D eigenvalue weighted by Gasteiger charge is 2.33. The van der Waals surface area contributed by atoms with Gasteiger partial charge in [-0.1, -0.05) is 30.3 Å². The Hall–Kier alpha value is -5.97. The summed E-state index contributed by atoms with van der Waals surface area (Å²) in [5.41, 5.74) is 6.80. The van der Waals surface area contributed by atoms with Crippen molar-refractivity contribution in [3.05, 3.63) is 132 Å². The van der Waals surface area contributed by atoms with Crippen LogP contribution in [0.25, 0.3) is 21.7 Å². The number of nitrogens with zero attached hydrogens (tertiary/aromatic N) is 2. The second-order valence-electron chi connectivity index (χ2n) is 10.0. The minimum Gasteiger partial charge on any atom is -0.457 e. The molecule has 45 heavy (non-hydrogen) atoms. The van der Waals surface area contributed by atoms with Crippen LogP contribution in [0.4, 0.5) is 24.5 Å². The molecule has 2 amide bonds. The van der Waals surface area contributed by atoms with Crippen molar-refractivity contribution in [2.24, 2.45) is 0 Å². The summed E-state index contributed by atoms with van der Waals surface area (Å²) in [6.45, 7) is -0.0146. The lowest BCUT2D eigenvalue weighted by molar-refractivity contribution is -0.136. The quantitative estimate of drug-likeness (QED) is 0.163. The molecule has 6 rings (SSSR count). The number of fused-ring (bicyclic) bond motifs is 2. The fourth-order valence-electron chi connectivity index (χ4n) is 4.96. The lowest BCUT2D eigenvalue weighted by Gasteiger charge is -2.14. The van der Waals surface area contributed by atoms with Gasteiger partial charge in [0.25, 0.3) is 11.8 Å². The van der Waals surface area contributed by atoms with Crippen LogP contribution >= 0.6 is 0 Å². The number of aromatic nitrogens is 2. The van der Waals surface area contributed by atoms with Crippen molar-refractivity contribution in [3.63, 3.8) is 0 Å². The number of amides is 2. The Morgan fingerprint density at radius 3 is 2.40 bits per heavy atom. The number of nitrogen functional groups attached to an aromatic ring is 1. The maximum absolute atomic E-state index is 13.5. The van der Waals surface area contributed by atoms with Crippen molar-refractivity contribution >= 4 is 44.9 Å². The zero-order valence-corrected chi connectivity index (χ0v) is 23.4. The zero-order chi connectivity index (χ0) is 31.6. The predicted molar refractivity (Wildman–Crippen MR) is 165 cm³/mol. The normalized spacial score (nSPS) is 11.4. The Balaban J connectivity index is 1.21. The average molecular weight is 608 g/mol. The van der Waals surface area contributed by atoms with Crippen LogP contribution in [-0.4, -0.2) is 21.8 Å². The number of para-hydroxylation sites is 3. The van der Waals surface area contributed by atoms with Gasteiger partial charge in [0.15, 0.2) is 0 Å². The Morgan fingerprint density at radius 1 is 0.778 bits per heavy atom. The van der Waals surface area contributed by atoms with E-state index in [1.807, 2.05) is 0 Å². The van der Waals surface area contributed by atoms with Gasteiger partial charge in [0, 0.05) is 23.3 Å². The fourth-order valence-corrected chi connectivity index (χ4v) is 4.96. The van der Waals surface area contributed by atoms with E-state index in [0.717, 1.165) is 6.07 Å². The maximum atomic E-state index is 13.5. The van der Waals surface area contributed by atoms with Gasteiger partial charge in [-0.05, 0) is 77.5 Å². The van der Waals surface area contributed by atoms with Crippen LogP contribution in [0, 0.1) is 0 Å². The second-order valence-corrected chi connectivity index (χ2v) is 10.0. The number of ether oxygens (including phenoxy) is 1. The molecule has 2 heterocycles. The van der Waals surface area contributed by atoms with E-state index in [9.17, 15) is 22.8 Å².